The van der Waals surface area contributed by atoms with Gasteiger partial charge in [0.1, 0.15) is 12.6 Å². The first-order valence-corrected chi connectivity index (χ1v) is 24.4. The van der Waals surface area contributed by atoms with E-state index in [2.05, 4.69) is 50.7 Å². The van der Waals surface area contributed by atoms with Crippen LogP contribution in [0.2, 0.25) is 0 Å². The largest absolute Gasteiger partial charge is 0.391 e. The Morgan fingerprint density at radius 1 is 0.800 bits per heavy atom. The minimum atomic E-state index is -1.05. The van der Waals surface area contributed by atoms with Crippen molar-refractivity contribution in [3.05, 3.63) is 23.8 Å². The van der Waals surface area contributed by atoms with Gasteiger partial charge in [0.15, 0.2) is 12.0 Å². The van der Waals surface area contributed by atoms with Crippen molar-refractivity contribution in [3.63, 3.8) is 0 Å². The first-order valence-electron chi connectivity index (χ1n) is 24.4. The van der Waals surface area contributed by atoms with Gasteiger partial charge in [-0.2, -0.15) is 15.0 Å². The lowest BCUT2D eigenvalue weighted by Crippen LogP contribution is -2.53. The zero-order valence-electron chi connectivity index (χ0n) is 41.1. The summed E-state index contributed by atoms with van der Waals surface area (Å²) in [6.45, 7) is 12.4. The van der Waals surface area contributed by atoms with Gasteiger partial charge in [-0.15, -0.1) is 16.6 Å². The average molecular weight is 981 g/mol. The Balaban J connectivity index is 1.26. The average Bonchev–Trinajstić information content (AvgIpc) is 4.06. The van der Waals surface area contributed by atoms with Gasteiger partial charge in [-0.1, -0.05) is 43.0 Å². The van der Waals surface area contributed by atoms with E-state index >= 15 is 0 Å². The Hall–Kier alpha value is -5.82. The molecule has 5 heterocycles. The van der Waals surface area contributed by atoms with Crippen molar-refractivity contribution in [3.8, 4) is 12.3 Å². The van der Waals surface area contributed by atoms with Gasteiger partial charge in [-0.3, -0.25) is 14.6 Å². The minimum Gasteiger partial charge on any atom is -0.391 e. The number of carbonyl (C=O) groups is 2. The molecule has 0 aliphatic carbocycles. The molecular formula is C44H76N20O6. The third-order valence-corrected chi connectivity index (χ3v) is 12.4. The van der Waals surface area contributed by atoms with Gasteiger partial charge >= 0.3 is 0 Å². The zero-order valence-corrected chi connectivity index (χ0v) is 41.1. The van der Waals surface area contributed by atoms with Crippen LogP contribution in [0.1, 0.15) is 94.9 Å². The molecule has 388 valence electrons. The maximum absolute atomic E-state index is 14.3. The van der Waals surface area contributed by atoms with Crippen molar-refractivity contribution in [2.75, 3.05) is 127 Å². The number of aliphatic hydroxyl groups is 1. The number of nitrogens with two attached hydrogens (primary N) is 5. The van der Waals surface area contributed by atoms with Crippen molar-refractivity contribution in [2.24, 2.45) is 39.6 Å². The molecule has 70 heavy (non-hydrogen) atoms. The smallest absolute Gasteiger partial charge is 0.250 e. The fourth-order valence-corrected chi connectivity index (χ4v) is 7.97. The van der Waals surface area contributed by atoms with E-state index in [0.717, 1.165) is 19.3 Å². The molecule has 2 saturated heterocycles. The molecule has 2 amide bonds. The number of ether oxygens (including phenoxy) is 3. The Bertz CT molecular complexity index is 2090. The van der Waals surface area contributed by atoms with Gasteiger partial charge in [0.25, 0.3) is 0 Å². The highest BCUT2D eigenvalue weighted by Crippen LogP contribution is 2.26. The predicted octanol–water partition coefficient (Wildman–Crippen LogP) is -1.46. The lowest BCUT2D eigenvalue weighted by molar-refractivity contribution is -0.138. The number of amides is 2. The maximum atomic E-state index is 14.3. The number of carbonyl (C=O) groups excluding carboxylic acids is 2. The standard InChI is InChI=1S/C44H76N20O6/c1-5-23-68-25-27-70-28-26-69-24-14-51-42-52-43(61-19-15-59(16-20-61)39(66)36(11-9-13-50-41(48)49)63-30-35(56-57-63)37(47)31(3)6-2)54-44(53-42)62-21-17-60(18-22-62)40(67)38(32(4)65)64-29-34(55-58-64)33(46)10-7-8-12-45/h1,29-33,36-38,65H,6-28,45-47H2,2-4H3,(H4,48,49,50)(H,51,52,53,54)/t31-,32+,33-,36-,37?,38?/m0/s1. The molecule has 3 aromatic heterocycles. The number of aliphatic hydroxyl groups excluding tert-OH is 1. The summed E-state index contributed by atoms with van der Waals surface area (Å²) in [5.74, 6) is 3.41. The molecule has 0 bridgehead atoms. The molecule has 2 aliphatic heterocycles. The van der Waals surface area contributed by atoms with E-state index in [1.807, 2.05) is 14.7 Å². The van der Waals surface area contributed by atoms with Crippen LogP contribution >= 0.6 is 0 Å². The van der Waals surface area contributed by atoms with Gasteiger partial charge in [0, 0.05) is 65.4 Å². The quantitative estimate of drug-likeness (QED) is 0.0174. The number of nitrogens with zero attached hydrogens (tertiary/aromatic N) is 14. The summed E-state index contributed by atoms with van der Waals surface area (Å²) in [5.41, 5.74) is 30.8. The number of terminal acetylenes is 1. The van der Waals surface area contributed by atoms with E-state index in [1.54, 1.807) is 28.9 Å². The van der Waals surface area contributed by atoms with Crippen LogP contribution in [0.15, 0.2) is 17.4 Å². The van der Waals surface area contributed by atoms with Crippen LogP contribution in [-0.2, 0) is 23.8 Å². The second-order valence-electron chi connectivity index (χ2n) is 17.5. The molecule has 3 aromatic rings. The maximum Gasteiger partial charge on any atom is 0.250 e. The normalized spacial score (nSPS) is 16.8. The number of rotatable bonds is 30. The molecule has 0 radical (unpaired) electrons. The van der Waals surface area contributed by atoms with Crippen molar-refractivity contribution in [1.29, 1.82) is 0 Å². The fraction of sp³-hybridized carbons (Fsp3) is 0.727. The Morgan fingerprint density at radius 2 is 1.39 bits per heavy atom. The van der Waals surface area contributed by atoms with Gasteiger partial charge < -0.3 is 72.9 Å². The number of unbranched alkanes of at least 4 members (excludes halogenated alkanes) is 1. The third kappa shape index (κ3) is 16.4. The summed E-state index contributed by atoms with van der Waals surface area (Å²) < 4.78 is 19.5. The summed E-state index contributed by atoms with van der Waals surface area (Å²) in [4.78, 5) is 54.5. The predicted molar refractivity (Wildman–Crippen MR) is 263 cm³/mol. The Labute approximate surface area is 410 Å². The van der Waals surface area contributed by atoms with Crippen LogP contribution in [0.3, 0.4) is 0 Å². The molecule has 2 fully saturated rings. The molecule has 6 atom stereocenters. The summed E-state index contributed by atoms with van der Waals surface area (Å²) in [7, 11) is 0. The Morgan fingerprint density at radius 3 is 1.99 bits per heavy atom. The SMILES string of the molecule is C#CCOCCOCCOCCNc1nc(N2CCN(C(=O)C([C@@H](C)O)n3cc([C@@H](N)CCCCN)nn3)CC2)nc(N2CCN(C(=O)[C@H](CCCN=C(N)N)n3cc(C(N)[C@@H](C)CC)nn3)CC2)n1. The van der Waals surface area contributed by atoms with Crippen LogP contribution in [-0.4, -0.2) is 195 Å². The van der Waals surface area contributed by atoms with Crippen LogP contribution in [0.25, 0.3) is 0 Å². The van der Waals surface area contributed by atoms with Gasteiger partial charge in [-0.05, 0) is 45.1 Å². The van der Waals surface area contributed by atoms with Crippen LogP contribution in [0.4, 0.5) is 17.8 Å². The first kappa shape index (κ1) is 55.1. The van der Waals surface area contributed by atoms with Crippen molar-refractivity contribution >= 4 is 35.6 Å². The lowest BCUT2D eigenvalue weighted by Gasteiger charge is -2.38. The number of piperazine rings is 2. The second kappa shape index (κ2) is 28.7. The van der Waals surface area contributed by atoms with E-state index in [4.69, 9.17) is 64.3 Å². The molecule has 12 N–H and O–H groups in total. The van der Waals surface area contributed by atoms with E-state index in [0.29, 0.717) is 154 Å². The zero-order chi connectivity index (χ0) is 50.4. The summed E-state index contributed by atoms with van der Waals surface area (Å²) in [6.07, 6.45) is 11.8. The highest BCUT2D eigenvalue weighted by molar-refractivity contribution is 5.81. The molecule has 5 rings (SSSR count). The molecule has 0 saturated carbocycles. The van der Waals surface area contributed by atoms with Crippen molar-refractivity contribution in [1.82, 2.24) is 54.7 Å². The molecule has 26 heteroatoms. The molecular weight excluding hydrogens is 905 g/mol. The molecule has 26 nitrogen and oxygen atoms in total. The van der Waals surface area contributed by atoms with Gasteiger partial charge in [0.2, 0.25) is 29.7 Å². The topological polar surface area (TPSA) is 350 Å². The van der Waals surface area contributed by atoms with Crippen molar-refractivity contribution in [2.45, 2.75) is 89.6 Å². The van der Waals surface area contributed by atoms with E-state index in [-0.39, 0.29) is 42.4 Å². The molecule has 2 aliphatic rings. The molecule has 0 aromatic carbocycles. The number of nitrogens with one attached hydrogen (secondary N) is 1. The molecule has 2 unspecified atom stereocenters. The summed E-state index contributed by atoms with van der Waals surface area (Å²) in [6, 6.07) is -2.31. The minimum absolute atomic E-state index is 0.0109. The van der Waals surface area contributed by atoms with Crippen LogP contribution in [0.5, 0.6) is 0 Å². The first-order chi connectivity index (χ1) is 33.8. The van der Waals surface area contributed by atoms with E-state index < -0.39 is 18.2 Å². The molecule has 0 spiro atoms. The number of aliphatic imine (C=N–C) groups is 1. The Kier molecular flexibility index (Phi) is 22.6. The number of hydrogen-bond acceptors (Lipinski definition) is 20. The summed E-state index contributed by atoms with van der Waals surface area (Å²) in [5, 5.41) is 31.2. The summed E-state index contributed by atoms with van der Waals surface area (Å²) >= 11 is 0. The van der Waals surface area contributed by atoms with Crippen molar-refractivity contribution < 1.29 is 28.9 Å². The highest BCUT2D eigenvalue weighted by Gasteiger charge is 2.35. The number of aromatic nitrogens is 9. The number of guanidine groups is 1. The van der Waals surface area contributed by atoms with Crippen LogP contribution in [0, 0.1) is 18.3 Å². The van der Waals surface area contributed by atoms with Crippen LogP contribution < -0.4 is 43.8 Å². The monoisotopic (exact) mass is 981 g/mol. The number of anilines is 3. The second-order valence-corrected chi connectivity index (χ2v) is 17.5. The van der Waals surface area contributed by atoms with E-state index in [9.17, 15) is 14.7 Å². The fourth-order valence-electron chi connectivity index (χ4n) is 7.97. The van der Waals surface area contributed by atoms with Gasteiger partial charge in [0.05, 0.1) is 75.0 Å². The van der Waals surface area contributed by atoms with E-state index in [1.165, 1.54) is 4.68 Å². The highest BCUT2D eigenvalue weighted by atomic mass is 16.5. The third-order valence-electron chi connectivity index (χ3n) is 12.4. The van der Waals surface area contributed by atoms with Gasteiger partial charge in [-0.25, -0.2) is 9.36 Å². The lowest BCUT2D eigenvalue weighted by atomic mass is 9.98. The number of hydrogen-bond donors (Lipinski definition) is 7.